The number of nitrogens with zero attached hydrogens (tertiary/aromatic N) is 4. The van der Waals surface area contributed by atoms with Gasteiger partial charge >= 0.3 is 0 Å². The van der Waals surface area contributed by atoms with Crippen molar-refractivity contribution >= 4 is 55.0 Å². The third-order valence-corrected chi connectivity index (χ3v) is 10.5. The maximum atomic E-state index is 4.83. The average Bonchev–Trinajstić information content (AvgIpc) is 3.71. The van der Waals surface area contributed by atoms with Crippen LogP contribution in [-0.2, 0) is 6.42 Å². The molecule has 4 heteroatoms. The quantitative estimate of drug-likeness (QED) is 0.179. The second-order valence-corrected chi connectivity index (χ2v) is 13.7. The largest absolute Gasteiger partial charge is 0.308 e. The van der Waals surface area contributed by atoms with E-state index in [4.69, 9.17) is 9.97 Å². The van der Waals surface area contributed by atoms with E-state index in [0.29, 0.717) is 0 Å². The zero-order valence-electron chi connectivity index (χ0n) is 28.3. The second-order valence-electron chi connectivity index (χ2n) is 13.7. The summed E-state index contributed by atoms with van der Waals surface area (Å²) < 4.78 is 4.69. The van der Waals surface area contributed by atoms with E-state index in [2.05, 4.69) is 143 Å². The monoisotopic (exact) mass is 656 g/mol. The van der Waals surface area contributed by atoms with E-state index in [1.54, 1.807) is 0 Å². The lowest BCUT2D eigenvalue weighted by Crippen LogP contribution is -1.97. The molecule has 0 aliphatic heterocycles. The molecule has 0 saturated carbocycles. The molecule has 0 amide bonds. The molecule has 4 aromatic carbocycles. The maximum Gasteiger partial charge on any atom is 0.0963 e. The molecule has 4 aromatic heterocycles. The second kappa shape index (κ2) is 12.3. The highest BCUT2D eigenvalue weighted by atomic mass is 15.0. The standard InChI is InChI=1S/C47H36N4/c1-3-9-34(10-4-1)36-19-25-42-40(30-36)46-44(13-7-27-48-46)50(42)38-21-15-32(16-22-38)29-33-17-23-39(24-18-33)51-43-26-20-37(35-11-5-2-6-12-35)31-41(43)47-45(51)14-8-28-49-47/h3,5,7-28,30-31H,1-2,4,6,29H2. The van der Waals surface area contributed by atoms with E-state index < -0.39 is 0 Å². The molecule has 4 nitrogen and oxygen atoms in total. The number of hydrogen-bond acceptors (Lipinski definition) is 2. The summed E-state index contributed by atoms with van der Waals surface area (Å²) in [6.07, 6.45) is 22.8. The van der Waals surface area contributed by atoms with Crippen molar-refractivity contribution in [2.24, 2.45) is 0 Å². The minimum Gasteiger partial charge on any atom is -0.308 e. The molecule has 51 heavy (non-hydrogen) atoms. The Hall–Kier alpha value is -6.26. The molecule has 0 radical (unpaired) electrons. The van der Waals surface area contributed by atoms with Crippen LogP contribution >= 0.6 is 0 Å². The van der Waals surface area contributed by atoms with Gasteiger partial charge in [-0.15, -0.1) is 0 Å². The molecule has 2 aliphatic rings. The van der Waals surface area contributed by atoms with Crippen molar-refractivity contribution in [2.75, 3.05) is 0 Å². The van der Waals surface area contributed by atoms with Crippen LogP contribution < -0.4 is 0 Å². The molecule has 4 heterocycles. The van der Waals surface area contributed by atoms with Gasteiger partial charge in [-0.25, -0.2) is 0 Å². The molecule has 244 valence electrons. The third-order valence-electron chi connectivity index (χ3n) is 10.5. The summed E-state index contributed by atoms with van der Waals surface area (Å²) in [5.41, 5.74) is 16.6. The lowest BCUT2D eigenvalue weighted by molar-refractivity contribution is 1.04. The number of aromatic nitrogens is 4. The van der Waals surface area contributed by atoms with Crippen molar-refractivity contribution in [3.63, 3.8) is 0 Å². The Morgan fingerprint density at radius 3 is 1.37 bits per heavy atom. The molecule has 0 spiro atoms. The van der Waals surface area contributed by atoms with Crippen molar-refractivity contribution in [2.45, 2.75) is 32.1 Å². The fraction of sp³-hybridized carbons (Fsp3) is 0.106. The molecule has 0 unspecified atom stereocenters. The molecule has 0 N–H and O–H groups in total. The van der Waals surface area contributed by atoms with Gasteiger partial charge in [0.05, 0.1) is 33.1 Å². The summed E-state index contributed by atoms with van der Waals surface area (Å²) in [6, 6.07) is 40.0. The zero-order valence-corrected chi connectivity index (χ0v) is 28.3. The third kappa shape index (κ3) is 5.14. The van der Waals surface area contributed by atoms with E-state index in [1.165, 1.54) is 55.2 Å². The van der Waals surface area contributed by atoms with Crippen LogP contribution in [-0.4, -0.2) is 19.1 Å². The summed E-state index contributed by atoms with van der Waals surface area (Å²) in [7, 11) is 0. The van der Waals surface area contributed by atoms with Crippen LogP contribution in [0.5, 0.6) is 0 Å². The van der Waals surface area contributed by atoms with Crippen LogP contribution in [0.1, 0.15) is 47.9 Å². The predicted molar refractivity (Wildman–Crippen MR) is 213 cm³/mol. The SMILES string of the molecule is C1=CC(c2ccc3c(c2)c2ncccc2n3-c2ccc(Cc3ccc(-n4c5ccc(C6=CCCC=C6)cc5c5ncccc54)cc3)cc2)=CCC1. The number of pyridine rings is 2. The van der Waals surface area contributed by atoms with Crippen molar-refractivity contribution in [1.29, 1.82) is 0 Å². The lowest BCUT2D eigenvalue weighted by atomic mass is 9.98. The van der Waals surface area contributed by atoms with Crippen molar-refractivity contribution < 1.29 is 0 Å². The molecule has 0 atom stereocenters. The van der Waals surface area contributed by atoms with Gasteiger partial charge in [-0.05, 0) is 138 Å². The van der Waals surface area contributed by atoms with E-state index in [-0.39, 0.29) is 0 Å². The molecule has 10 rings (SSSR count). The molecular weight excluding hydrogens is 621 g/mol. The first-order chi connectivity index (χ1) is 25.3. The van der Waals surface area contributed by atoms with E-state index in [0.717, 1.165) is 65.5 Å². The van der Waals surface area contributed by atoms with Gasteiger partial charge in [-0.3, -0.25) is 9.97 Å². The number of hydrogen-bond donors (Lipinski definition) is 0. The Bertz CT molecular complexity index is 2560. The van der Waals surface area contributed by atoms with Crippen molar-refractivity contribution in [3.8, 4) is 11.4 Å². The molecule has 0 bridgehead atoms. The maximum absolute atomic E-state index is 4.83. The number of benzene rings is 4. The Labute approximate surface area is 297 Å². The first-order valence-electron chi connectivity index (χ1n) is 18.0. The van der Waals surface area contributed by atoms with Gasteiger partial charge in [0.15, 0.2) is 0 Å². The predicted octanol–water partition coefficient (Wildman–Crippen LogP) is 11.7. The van der Waals surface area contributed by atoms with Crippen LogP contribution in [0.25, 0.3) is 66.4 Å². The summed E-state index contributed by atoms with van der Waals surface area (Å²) in [6.45, 7) is 0. The van der Waals surface area contributed by atoms with Gasteiger partial charge in [0, 0.05) is 34.5 Å². The van der Waals surface area contributed by atoms with Gasteiger partial charge < -0.3 is 9.13 Å². The first kappa shape index (κ1) is 29.6. The Kier molecular flexibility index (Phi) is 7.12. The van der Waals surface area contributed by atoms with Crippen LogP contribution in [0.15, 0.2) is 158 Å². The summed E-state index contributed by atoms with van der Waals surface area (Å²) in [4.78, 5) is 9.66. The number of fused-ring (bicyclic) bond motifs is 6. The highest BCUT2D eigenvalue weighted by Crippen LogP contribution is 2.36. The Morgan fingerprint density at radius 2 is 0.941 bits per heavy atom. The minimum atomic E-state index is 0.863. The van der Waals surface area contributed by atoms with Crippen LogP contribution in [0.3, 0.4) is 0 Å². The van der Waals surface area contributed by atoms with Crippen molar-refractivity contribution in [1.82, 2.24) is 19.1 Å². The van der Waals surface area contributed by atoms with Crippen LogP contribution in [0.2, 0.25) is 0 Å². The number of allylic oxidation sites excluding steroid dienone is 8. The molecule has 2 aliphatic carbocycles. The number of rotatable bonds is 6. The molecule has 8 aromatic rings. The van der Waals surface area contributed by atoms with Gasteiger partial charge in [-0.1, -0.05) is 72.9 Å². The van der Waals surface area contributed by atoms with Gasteiger partial charge in [-0.2, -0.15) is 0 Å². The summed E-state index contributed by atoms with van der Waals surface area (Å²) >= 11 is 0. The Morgan fingerprint density at radius 1 is 0.471 bits per heavy atom. The van der Waals surface area contributed by atoms with E-state index in [1.807, 2.05) is 24.5 Å². The highest BCUT2D eigenvalue weighted by molar-refractivity contribution is 6.09. The molecular formula is C47H36N4. The van der Waals surface area contributed by atoms with Gasteiger partial charge in [0.25, 0.3) is 0 Å². The van der Waals surface area contributed by atoms with Crippen molar-refractivity contribution in [3.05, 3.63) is 180 Å². The smallest absolute Gasteiger partial charge is 0.0963 e. The zero-order chi connectivity index (χ0) is 33.7. The molecule has 0 saturated heterocycles. The minimum absolute atomic E-state index is 0.863. The van der Waals surface area contributed by atoms with E-state index >= 15 is 0 Å². The highest BCUT2D eigenvalue weighted by Gasteiger charge is 2.17. The van der Waals surface area contributed by atoms with E-state index in [9.17, 15) is 0 Å². The van der Waals surface area contributed by atoms with Crippen LogP contribution in [0, 0.1) is 0 Å². The van der Waals surface area contributed by atoms with Gasteiger partial charge in [0.2, 0.25) is 0 Å². The molecule has 0 fully saturated rings. The fourth-order valence-electron chi connectivity index (χ4n) is 8.00. The fourth-order valence-corrected chi connectivity index (χ4v) is 8.00. The summed E-state index contributed by atoms with van der Waals surface area (Å²) in [5, 5.41) is 2.37. The summed E-state index contributed by atoms with van der Waals surface area (Å²) in [5.74, 6) is 0. The van der Waals surface area contributed by atoms with Gasteiger partial charge in [0.1, 0.15) is 0 Å². The Balaban J connectivity index is 0.950. The first-order valence-corrected chi connectivity index (χ1v) is 18.0. The average molecular weight is 657 g/mol. The topological polar surface area (TPSA) is 35.6 Å². The lowest BCUT2D eigenvalue weighted by Gasteiger charge is -2.11. The van der Waals surface area contributed by atoms with Crippen LogP contribution in [0.4, 0.5) is 0 Å². The normalized spacial score (nSPS) is 14.5.